The lowest BCUT2D eigenvalue weighted by atomic mass is 10.00. The van der Waals surface area contributed by atoms with Gasteiger partial charge in [0.25, 0.3) is 0 Å². The fraction of sp³-hybridized carbons (Fsp3) is 0.419. The number of aryl methyl sites for hydroxylation is 1. The molecular weight excluding hydrogens is 404 g/mol. The van der Waals surface area contributed by atoms with Crippen LogP contribution in [0.3, 0.4) is 0 Å². The second-order valence-corrected chi connectivity index (χ2v) is 9.69. The van der Waals surface area contributed by atoms with Crippen molar-refractivity contribution in [3.63, 3.8) is 0 Å². The molecule has 2 nitrogen and oxygen atoms in total. The fourth-order valence-corrected chi connectivity index (χ4v) is 3.98. The molecule has 0 aliphatic carbocycles. The van der Waals surface area contributed by atoms with Crippen molar-refractivity contribution < 1.29 is 10.2 Å². The lowest BCUT2D eigenvalue weighted by molar-refractivity contribution is 0.466. The van der Waals surface area contributed by atoms with Crippen LogP contribution in [0.15, 0.2) is 70.9 Å². The van der Waals surface area contributed by atoms with Gasteiger partial charge in [0.2, 0.25) is 0 Å². The van der Waals surface area contributed by atoms with Crippen LogP contribution in [0.2, 0.25) is 0 Å². The Hall–Kier alpha value is -2.74. The van der Waals surface area contributed by atoms with Crippen molar-refractivity contribution in [3.05, 3.63) is 82.0 Å². The van der Waals surface area contributed by atoms with E-state index in [0.717, 1.165) is 50.5 Å². The van der Waals surface area contributed by atoms with Gasteiger partial charge in [-0.1, -0.05) is 58.7 Å². The predicted octanol–water partition coefficient (Wildman–Crippen LogP) is 9.25. The monoisotopic (exact) mass is 446 g/mol. The number of phenolic OH excluding ortho intramolecular Hbond substituents is 2. The molecule has 0 heterocycles. The van der Waals surface area contributed by atoms with E-state index in [9.17, 15) is 10.2 Å². The zero-order valence-corrected chi connectivity index (χ0v) is 21.5. The number of rotatable bonds is 11. The van der Waals surface area contributed by atoms with Crippen molar-refractivity contribution in [2.75, 3.05) is 0 Å². The zero-order chi connectivity index (χ0) is 24.4. The maximum atomic E-state index is 10.3. The smallest absolute Gasteiger partial charge is 0.126 e. The third-order valence-electron chi connectivity index (χ3n) is 6.18. The second kappa shape index (κ2) is 13.1. The Labute approximate surface area is 201 Å². The maximum absolute atomic E-state index is 10.3. The number of phenols is 2. The summed E-state index contributed by atoms with van der Waals surface area (Å²) in [6.07, 6.45) is 16.9. The molecule has 178 valence electrons. The van der Waals surface area contributed by atoms with Crippen molar-refractivity contribution in [2.45, 2.75) is 86.5 Å². The maximum Gasteiger partial charge on any atom is 0.126 e. The van der Waals surface area contributed by atoms with Crippen molar-refractivity contribution in [2.24, 2.45) is 0 Å². The van der Waals surface area contributed by atoms with Gasteiger partial charge < -0.3 is 10.2 Å². The highest BCUT2D eigenvalue weighted by Crippen LogP contribution is 2.35. The minimum absolute atomic E-state index is 0.224. The van der Waals surface area contributed by atoms with Crippen LogP contribution in [0.4, 0.5) is 0 Å². The van der Waals surface area contributed by atoms with Gasteiger partial charge in [0, 0.05) is 10.8 Å². The molecule has 0 aromatic heterocycles. The van der Waals surface area contributed by atoms with Crippen LogP contribution in [-0.2, 0) is 6.42 Å². The van der Waals surface area contributed by atoms with Gasteiger partial charge in [-0.15, -0.1) is 0 Å². The lowest BCUT2D eigenvalue weighted by Crippen LogP contribution is -1.87. The van der Waals surface area contributed by atoms with Crippen LogP contribution in [-0.4, -0.2) is 10.2 Å². The summed E-state index contributed by atoms with van der Waals surface area (Å²) in [7, 11) is 0. The Balaban J connectivity index is 1.82. The zero-order valence-electron chi connectivity index (χ0n) is 21.5. The predicted molar refractivity (Wildman–Crippen MR) is 144 cm³/mol. The van der Waals surface area contributed by atoms with E-state index >= 15 is 0 Å². The largest absolute Gasteiger partial charge is 0.507 e. The van der Waals surface area contributed by atoms with Crippen molar-refractivity contribution in [1.29, 1.82) is 0 Å². The fourth-order valence-electron chi connectivity index (χ4n) is 3.98. The van der Waals surface area contributed by atoms with Crippen molar-refractivity contribution in [3.8, 4) is 11.5 Å². The molecule has 0 atom stereocenters. The number of allylic oxidation sites excluding steroid dienone is 8. The van der Waals surface area contributed by atoms with E-state index in [2.05, 4.69) is 58.9 Å². The van der Waals surface area contributed by atoms with Crippen molar-refractivity contribution in [1.82, 2.24) is 0 Å². The van der Waals surface area contributed by atoms with E-state index in [4.69, 9.17) is 0 Å². The number of hydrogen-bond acceptors (Lipinski definition) is 2. The molecule has 0 spiro atoms. The van der Waals surface area contributed by atoms with Gasteiger partial charge in [0.05, 0.1) is 0 Å². The minimum atomic E-state index is 0.224. The highest BCUT2D eigenvalue weighted by Gasteiger charge is 2.08. The average molecular weight is 447 g/mol. The molecule has 0 bridgehead atoms. The number of hydrogen-bond donors (Lipinski definition) is 2. The number of benzene rings is 2. The minimum Gasteiger partial charge on any atom is -0.507 e. The van der Waals surface area contributed by atoms with E-state index in [1.165, 1.54) is 22.3 Å². The Morgan fingerprint density at radius 2 is 1.24 bits per heavy atom. The Bertz CT molecular complexity index is 1060. The third kappa shape index (κ3) is 8.96. The summed E-state index contributed by atoms with van der Waals surface area (Å²) in [6, 6.07) is 7.54. The topological polar surface area (TPSA) is 40.5 Å². The molecular formula is C31H42O2. The summed E-state index contributed by atoms with van der Waals surface area (Å²) in [5, 5.41) is 21.9. The van der Waals surface area contributed by atoms with Gasteiger partial charge in [-0.3, -0.25) is 0 Å². The van der Waals surface area contributed by atoms with Crippen molar-refractivity contribution >= 4 is 10.8 Å². The van der Waals surface area contributed by atoms with Gasteiger partial charge in [-0.2, -0.15) is 0 Å². The molecule has 2 aromatic carbocycles. The molecule has 0 saturated heterocycles. The lowest BCUT2D eigenvalue weighted by Gasteiger charge is -2.09. The molecule has 0 radical (unpaired) electrons. The van der Waals surface area contributed by atoms with Gasteiger partial charge in [0.1, 0.15) is 11.5 Å². The Morgan fingerprint density at radius 1 is 0.697 bits per heavy atom. The van der Waals surface area contributed by atoms with Gasteiger partial charge in [-0.05, 0) is 110 Å². The number of aromatic hydroxyl groups is 2. The average Bonchev–Trinajstić information content (AvgIpc) is 2.76. The molecule has 0 aliphatic heterocycles. The molecule has 2 aromatic rings. The summed E-state index contributed by atoms with van der Waals surface area (Å²) < 4.78 is 0. The van der Waals surface area contributed by atoms with Gasteiger partial charge >= 0.3 is 0 Å². The molecule has 2 heteroatoms. The highest BCUT2D eigenvalue weighted by molar-refractivity contribution is 5.94. The van der Waals surface area contributed by atoms with E-state index in [1.54, 1.807) is 13.0 Å². The quantitative estimate of drug-likeness (QED) is 0.267. The van der Waals surface area contributed by atoms with Crippen LogP contribution in [0.5, 0.6) is 11.5 Å². The first-order valence-corrected chi connectivity index (χ1v) is 12.2. The van der Waals surface area contributed by atoms with E-state index < -0.39 is 0 Å². The highest BCUT2D eigenvalue weighted by atomic mass is 16.3. The molecule has 33 heavy (non-hydrogen) atoms. The Kier molecular flexibility index (Phi) is 10.5. The van der Waals surface area contributed by atoms with E-state index in [-0.39, 0.29) is 11.5 Å². The first kappa shape index (κ1) is 26.5. The normalized spacial score (nSPS) is 13.0. The SMILES string of the molecule is CC(C)=CCCC(C)=CCCC(C)=CCCC(C)=CCc1ccc2c(O)c(C)cc(O)c2c1. The summed E-state index contributed by atoms with van der Waals surface area (Å²) in [5.74, 6) is 0.471. The van der Waals surface area contributed by atoms with Gasteiger partial charge in [0.15, 0.2) is 0 Å². The standard InChI is InChI=1S/C31H42O2/c1-22(2)10-7-11-23(3)12-8-13-24(4)14-9-15-25(5)16-17-27-18-19-28-29(21-27)30(32)20-26(6)31(28)33/h10,12,14,16,18-21,32-33H,7-9,11,13,15,17H2,1-6H3. The van der Waals surface area contributed by atoms with Crippen LogP contribution in [0.25, 0.3) is 10.8 Å². The third-order valence-corrected chi connectivity index (χ3v) is 6.18. The summed E-state index contributed by atoms with van der Waals surface area (Å²) in [6.45, 7) is 12.8. The van der Waals surface area contributed by atoms with Crippen LogP contribution >= 0.6 is 0 Å². The first-order valence-electron chi connectivity index (χ1n) is 12.2. The van der Waals surface area contributed by atoms with Crippen LogP contribution in [0.1, 0.15) is 84.3 Å². The van der Waals surface area contributed by atoms with E-state index in [0.29, 0.717) is 16.3 Å². The molecule has 0 amide bonds. The summed E-state index contributed by atoms with van der Waals surface area (Å²) in [4.78, 5) is 0. The second-order valence-electron chi connectivity index (χ2n) is 9.69. The molecule has 0 fully saturated rings. The molecule has 0 saturated carbocycles. The Morgan fingerprint density at radius 3 is 1.82 bits per heavy atom. The van der Waals surface area contributed by atoms with Crippen LogP contribution in [0, 0.1) is 6.92 Å². The molecule has 0 aliphatic rings. The molecule has 2 rings (SSSR count). The number of fused-ring (bicyclic) bond motifs is 1. The molecule has 2 N–H and O–H groups in total. The van der Waals surface area contributed by atoms with E-state index in [1.807, 2.05) is 18.2 Å². The van der Waals surface area contributed by atoms with Gasteiger partial charge in [-0.25, -0.2) is 0 Å². The molecule has 0 unspecified atom stereocenters. The van der Waals surface area contributed by atoms with Crippen LogP contribution < -0.4 is 0 Å². The first-order chi connectivity index (χ1) is 15.7. The summed E-state index contributed by atoms with van der Waals surface area (Å²) in [5.41, 5.74) is 7.57. The summed E-state index contributed by atoms with van der Waals surface area (Å²) >= 11 is 0.